The second-order valence-electron chi connectivity index (χ2n) is 6.46. The van der Waals surface area contributed by atoms with Crippen molar-refractivity contribution in [3.8, 4) is 0 Å². The van der Waals surface area contributed by atoms with Crippen LogP contribution in [0.4, 0.5) is 0 Å². The summed E-state index contributed by atoms with van der Waals surface area (Å²) >= 11 is 0. The lowest BCUT2D eigenvalue weighted by atomic mass is 9.85. The SMILES string of the molecule is NCC1(OCc2ccn(C3CCCC3)n2)CCCCC1. The number of ether oxygens (including phenoxy) is 1. The number of aromatic nitrogens is 2. The maximum Gasteiger partial charge on any atom is 0.0914 e. The molecular weight excluding hydrogens is 250 g/mol. The molecular formula is C16H27N3O. The smallest absolute Gasteiger partial charge is 0.0914 e. The van der Waals surface area contributed by atoms with Gasteiger partial charge in [-0.2, -0.15) is 5.10 Å². The summed E-state index contributed by atoms with van der Waals surface area (Å²) in [6.45, 7) is 1.24. The summed E-state index contributed by atoms with van der Waals surface area (Å²) in [4.78, 5) is 0. The Labute approximate surface area is 121 Å². The maximum atomic E-state index is 6.18. The van der Waals surface area contributed by atoms with Gasteiger partial charge in [-0.3, -0.25) is 4.68 Å². The van der Waals surface area contributed by atoms with Gasteiger partial charge in [-0.15, -0.1) is 0 Å². The summed E-state index contributed by atoms with van der Waals surface area (Å²) in [5.74, 6) is 0. The molecule has 0 aliphatic heterocycles. The Morgan fingerprint density at radius 3 is 2.65 bits per heavy atom. The molecule has 2 saturated carbocycles. The standard InChI is InChI=1S/C16H27N3O/c17-13-16(9-4-1-5-10-16)20-12-14-8-11-19(18-14)15-6-2-3-7-15/h8,11,15H,1-7,9-10,12-13,17H2. The Kier molecular flexibility index (Phi) is 4.41. The van der Waals surface area contributed by atoms with Gasteiger partial charge in [-0.1, -0.05) is 32.1 Å². The van der Waals surface area contributed by atoms with Crippen LogP contribution in [0, 0.1) is 0 Å². The van der Waals surface area contributed by atoms with Crippen LogP contribution in [0.1, 0.15) is 69.5 Å². The van der Waals surface area contributed by atoms with E-state index in [1.54, 1.807) is 0 Å². The van der Waals surface area contributed by atoms with Crippen LogP contribution in [0.5, 0.6) is 0 Å². The van der Waals surface area contributed by atoms with Crippen molar-refractivity contribution in [1.29, 1.82) is 0 Å². The van der Waals surface area contributed by atoms with Gasteiger partial charge >= 0.3 is 0 Å². The molecule has 0 amide bonds. The molecule has 4 nitrogen and oxygen atoms in total. The van der Waals surface area contributed by atoms with Crippen molar-refractivity contribution in [3.63, 3.8) is 0 Å². The van der Waals surface area contributed by atoms with Crippen molar-refractivity contribution in [2.24, 2.45) is 5.73 Å². The van der Waals surface area contributed by atoms with E-state index < -0.39 is 0 Å². The van der Waals surface area contributed by atoms with E-state index in [0.717, 1.165) is 18.5 Å². The molecule has 3 rings (SSSR count). The van der Waals surface area contributed by atoms with Gasteiger partial charge in [0.05, 0.1) is 23.9 Å². The summed E-state index contributed by atoms with van der Waals surface area (Å²) in [5, 5.41) is 4.69. The first-order chi connectivity index (χ1) is 9.81. The van der Waals surface area contributed by atoms with Crippen LogP contribution in [-0.4, -0.2) is 21.9 Å². The Balaban J connectivity index is 1.57. The molecule has 0 unspecified atom stereocenters. The van der Waals surface area contributed by atoms with Gasteiger partial charge < -0.3 is 10.5 Å². The molecule has 0 aromatic carbocycles. The Morgan fingerprint density at radius 2 is 1.95 bits per heavy atom. The fourth-order valence-corrected chi connectivity index (χ4v) is 3.66. The lowest BCUT2D eigenvalue weighted by Gasteiger charge is -2.36. The first-order valence-electron chi connectivity index (χ1n) is 8.19. The first-order valence-corrected chi connectivity index (χ1v) is 8.19. The third kappa shape index (κ3) is 3.07. The van der Waals surface area contributed by atoms with Crippen molar-refractivity contribution in [1.82, 2.24) is 9.78 Å². The summed E-state index contributed by atoms with van der Waals surface area (Å²) in [5.41, 5.74) is 6.92. The van der Waals surface area contributed by atoms with Gasteiger partial charge in [0.15, 0.2) is 0 Å². The molecule has 2 N–H and O–H groups in total. The second kappa shape index (κ2) is 6.27. The minimum Gasteiger partial charge on any atom is -0.367 e. The van der Waals surface area contributed by atoms with Gasteiger partial charge in [0, 0.05) is 12.7 Å². The molecule has 20 heavy (non-hydrogen) atoms. The predicted molar refractivity (Wildman–Crippen MR) is 79.4 cm³/mol. The van der Waals surface area contributed by atoms with Crippen molar-refractivity contribution >= 4 is 0 Å². The Hall–Kier alpha value is -0.870. The Morgan fingerprint density at radius 1 is 1.20 bits per heavy atom. The average Bonchev–Trinajstić information content (AvgIpc) is 3.17. The van der Waals surface area contributed by atoms with Crippen molar-refractivity contribution in [2.45, 2.75) is 76.0 Å². The van der Waals surface area contributed by atoms with Crippen LogP contribution in [0.25, 0.3) is 0 Å². The molecule has 0 saturated heterocycles. The normalized spacial score (nSPS) is 23.2. The van der Waals surface area contributed by atoms with Crippen LogP contribution in [-0.2, 0) is 11.3 Å². The van der Waals surface area contributed by atoms with Crippen molar-refractivity contribution in [3.05, 3.63) is 18.0 Å². The molecule has 0 spiro atoms. The molecule has 4 heteroatoms. The van der Waals surface area contributed by atoms with Gasteiger partial charge in [0.1, 0.15) is 0 Å². The zero-order chi connectivity index (χ0) is 13.8. The van der Waals surface area contributed by atoms with E-state index in [1.165, 1.54) is 44.9 Å². The zero-order valence-corrected chi connectivity index (χ0v) is 12.4. The van der Waals surface area contributed by atoms with Crippen molar-refractivity contribution < 1.29 is 4.74 Å². The molecule has 1 heterocycles. The van der Waals surface area contributed by atoms with Crippen LogP contribution in [0.15, 0.2) is 12.3 Å². The number of hydrogen-bond acceptors (Lipinski definition) is 3. The molecule has 1 aromatic heterocycles. The zero-order valence-electron chi connectivity index (χ0n) is 12.4. The van der Waals surface area contributed by atoms with Gasteiger partial charge in [0.25, 0.3) is 0 Å². The Bertz CT molecular complexity index is 417. The number of nitrogens with two attached hydrogens (primary N) is 1. The van der Waals surface area contributed by atoms with E-state index in [0.29, 0.717) is 19.2 Å². The summed E-state index contributed by atoms with van der Waals surface area (Å²) < 4.78 is 8.32. The average molecular weight is 277 g/mol. The molecule has 0 radical (unpaired) electrons. The van der Waals surface area contributed by atoms with Gasteiger partial charge in [0.2, 0.25) is 0 Å². The number of rotatable bonds is 5. The van der Waals surface area contributed by atoms with Crippen LogP contribution in [0.2, 0.25) is 0 Å². The van der Waals surface area contributed by atoms with E-state index in [9.17, 15) is 0 Å². The van der Waals surface area contributed by atoms with Crippen LogP contribution >= 0.6 is 0 Å². The molecule has 112 valence electrons. The fraction of sp³-hybridized carbons (Fsp3) is 0.812. The monoisotopic (exact) mass is 277 g/mol. The van der Waals surface area contributed by atoms with Crippen LogP contribution in [0.3, 0.4) is 0 Å². The van der Waals surface area contributed by atoms with E-state index in [4.69, 9.17) is 15.6 Å². The van der Waals surface area contributed by atoms with Gasteiger partial charge in [-0.05, 0) is 31.7 Å². The fourth-order valence-electron chi connectivity index (χ4n) is 3.66. The predicted octanol–water partition coefficient (Wildman–Crippen LogP) is 3.18. The molecule has 1 aromatic rings. The molecule has 2 fully saturated rings. The summed E-state index contributed by atoms with van der Waals surface area (Å²) in [6, 6.07) is 2.72. The van der Waals surface area contributed by atoms with Crippen LogP contribution < -0.4 is 5.73 Å². The second-order valence-corrected chi connectivity index (χ2v) is 6.46. The summed E-state index contributed by atoms with van der Waals surface area (Å²) in [7, 11) is 0. The van der Waals surface area contributed by atoms with E-state index in [2.05, 4.69) is 16.9 Å². The highest BCUT2D eigenvalue weighted by Crippen LogP contribution is 2.32. The van der Waals surface area contributed by atoms with E-state index in [1.807, 2.05) is 0 Å². The topological polar surface area (TPSA) is 53.1 Å². The lowest BCUT2D eigenvalue weighted by molar-refractivity contribution is -0.0746. The number of nitrogens with zero attached hydrogens (tertiary/aromatic N) is 2. The molecule has 2 aliphatic rings. The number of hydrogen-bond donors (Lipinski definition) is 1. The highest BCUT2D eigenvalue weighted by molar-refractivity contribution is 4.99. The molecule has 0 bridgehead atoms. The minimum atomic E-state index is -0.0879. The minimum absolute atomic E-state index is 0.0879. The lowest BCUT2D eigenvalue weighted by Crippen LogP contribution is -2.42. The maximum absolute atomic E-state index is 6.18. The highest BCUT2D eigenvalue weighted by atomic mass is 16.5. The van der Waals surface area contributed by atoms with E-state index in [-0.39, 0.29) is 5.60 Å². The first kappa shape index (κ1) is 14.1. The summed E-state index contributed by atoms with van der Waals surface area (Å²) in [6.07, 6.45) is 13.4. The van der Waals surface area contributed by atoms with E-state index >= 15 is 0 Å². The molecule has 0 atom stereocenters. The van der Waals surface area contributed by atoms with Crippen molar-refractivity contribution in [2.75, 3.05) is 6.54 Å². The largest absolute Gasteiger partial charge is 0.367 e. The van der Waals surface area contributed by atoms with Gasteiger partial charge in [-0.25, -0.2) is 0 Å². The third-order valence-corrected chi connectivity index (χ3v) is 5.03. The highest BCUT2D eigenvalue weighted by Gasteiger charge is 2.31. The third-order valence-electron chi connectivity index (χ3n) is 5.03. The molecule has 2 aliphatic carbocycles. The quantitative estimate of drug-likeness (QED) is 0.899.